The van der Waals surface area contributed by atoms with E-state index in [1.54, 1.807) is 6.07 Å². The summed E-state index contributed by atoms with van der Waals surface area (Å²) < 4.78 is 5.14. The van der Waals surface area contributed by atoms with E-state index in [0.29, 0.717) is 17.4 Å². The average Bonchev–Trinajstić information content (AvgIpc) is 3.10. The zero-order valence-corrected chi connectivity index (χ0v) is 13.1. The second kappa shape index (κ2) is 7.35. The fraction of sp³-hybridized carbons (Fsp3) is 0.118. The van der Waals surface area contributed by atoms with Crippen molar-refractivity contribution in [2.45, 2.75) is 12.8 Å². The van der Waals surface area contributed by atoms with Crippen LogP contribution in [-0.4, -0.2) is 21.0 Å². The van der Waals surface area contributed by atoms with Crippen LogP contribution in [0.4, 0.5) is 11.4 Å². The van der Waals surface area contributed by atoms with Crippen LogP contribution in [0.1, 0.15) is 12.3 Å². The Morgan fingerprint density at radius 2 is 1.96 bits per heavy atom. The van der Waals surface area contributed by atoms with E-state index in [9.17, 15) is 14.9 Å². The first-order chi connectivity index (χ1) is 12.1. The van der Waals surface area contributed by atoms with Gasteiger partial charge in [-0.3, -0.25) is 14.9 Å². The highest BCUT2D eigenvalue weighted by Crippen LogP contribution is 2.18. The van der Waals surface area contributed by atoms with E-state index in [2.05, 4.69) is 15.5 Å². The van der Waals surface area contributed by atoms with Gasteiger partial charge in [-0.1, -0.05) is 41.6 Å². The van der Waals surface area contributed by atoms with Gasteiger partial charge in [0.25, 0.3) is 5.69 Å². The molecule has 0 aliphatic rings. The molecule has 0 atom stereocenters. The maximum Gasteiger partial charge on any atom is 0.271 e. The first-order valence-corrected chi connectivity index (χ1v) is 7.54. The minimum absolute atomic E-state index is 0.0813. The van der Waals surface area contributed by atoms with Crippen LogP contribution in [0.25, 0.3) is 11.4 Å². The van der Waals surface area contributed by atoms with Gasteiger partial charge in [0.15, 0.2) is 0 Å². The Balaban J connectivity index is 1.57. The highest BCUT2D eigenvalue weighted by Gasteiger charge is 2.12. The smallest absolute Gasteiger partial charge is 0.271 e. The first kappa shape index (κ1) is 16.3. The number of hydrogen-bond donors (Lipinski definition) is 1. The van der Waals surface area contributed by atoms with E-state index in [1.807, 2.05) is 30.3 Å². The Hall–Kier alpha value is -3.55. The Kier molecular flexibility index (Phi) is 4.79. The van der Waals surface area contributed by atoms with Crippen LogP contribution in [0, 0.1) is 10.1 Å². The summed E-state index contributed by atoms with van der Waals surface area (Å²) in [5.41, 5.74) is 1.12. The standard InChI is InChI=1S/C17H14N4O4/c22-15(18-13-7-4-8-14(11-13)21(23)24)9-10-16-19-17(20-25-16)12-5-2-1-3-6-12/h1-8,11H,9-10H2,(H,18,22). The summed E-state index contributed by atoms with van der Waals surface area (Å²) in [5, 5.41) is 17.2. The predicted molar refractivity (Wildman–Crippen MR) is 89.8 cm³/mol. The molecule has 0 aliphatic carbocycles. The van der Waals surface area contributed by atoms with Crippen molar-refractivity contribution in [1.82, 2.24) is 10.1 Å². The zero-order valence-electron chi connectivity index (χ0n) is 13.1. The Morgan fingerprint density at radius 3 is 2.72 bits per heavy atom. The van der Waals surface area contributed by atoms with E-state index in [-0.39, 0.29) is 24.4 Å². The van der Waals surface area contributed by atoms with Crippen molar-refractivity contribution in [2.75, 3.05) is 5.32 Å². The average molecular weight is 338 g/mol. The van der Waals surface area contributed by atoms with Gasteiger partial charge in [0.05, 0.1) is 4.92 Å². The third kappa shape index (κ3) is 4.25. The molecule has 1 amide bonds. The second-order valence-electron chi connectivity index (χ2n) is 5.23. The largest absolute Gasteiger partial charge is 0.339 e. The molecular formula is C17H14N4O4. The lowest BCUT2D eigenvalue weighted by Gasteiger charge is -2.03. The number of benzene rings is 2. The maximum atomic E-state index is 12.0. The van der Waals surface area contributed by atoms with E-state index in [4.69, 9.17) is 4.52 Å². The van der Waals surface area contributed by atoms with Crippen LogP contribution >= 0.6 is 0 Å². The van der Waals surface area contributed by atoms with Crippen LogP contribution in [0.2, 0.25) is 0 Å². The highest BCUT2D eigenvalue weighted by atomic mass is 16.6. The van der Waals surface area contributed by atoms with Gasteiger partial charge in [0, 0.05) is 36.2 Å². The number of aryl methyl sites for hydroxylation is 1. The van der Waals surface area contributed by atoms with Crippen molar-refractivity contribution in [3.8, 4) is 11.4 Å². The van der Waals surface area contributed by atoms with E-state index in [0.717, 1.165) is 5.56 Å². The fourth-order valence-electron chi connectivity index (χ4n) is 2.20. The van der Waals surface area contributed by atoms with Crippen molar-refractivity contribution in [1.29, 1.82) is 0 Å². The predicted octanol–water partition coefficient (Wildman–Crippen LogP) is 3.22. The Labute approximate surface area is 142 Å². The molecule has 2 aromatic carbocycles. The molecule has 8 nitrogen and oxygen atoms in total. The van der Waals surface area contributed by atoms with Gasteiger partial charge < -0.3 is 9.84 Å². The number of nitrogens with one attached hydrogen (secondary N) is 1. The zero-order chi connectivity index (χ0) is 17.6. The van der Waals surface area contributed by atoms with E-state index in [1.165, 1.54) is 18.2 Å². The van der Waals surface area contributed by atoms with Gasteiger partial charge in [-0.2, -0.15) is 4.98 Å². The number of rotatable bonds is 6. The minimum Gasteiger partial charge on any atom is -0.339 e. The Bertz CT molecular complexity index is 892. The number of nitrogens with zero attached hydrogens (tertiary/aromatic N) is 3. The number of amides is 1. The molecule has 126 valence electrons. The van der Waals surface area contributed by atoms with Crippen LogP contribution < -0.4 is 5.32 Å². The molecule has 3 aromatic rings. The monoisotopic (exact) mass is 338 g/mol. The molecule has 8 heteroatoms. The molecule has 0 saturated heterocycles. The van der Waals surface area contributed by atoms with Gasteiger partial charge in [-0.15, -0.1) is 0 Å². The van der Waals surface area contributed by atoms with Crippen molar-refractivity contribution in [3.63, 3.8) is 0 Å². The summed E-state index contributed by atoms with van der Waals surface area (Å²) in [5.74, 6) is 0.530. The summed E-state index contributed by atoms with van der Waals surface area (Å²) >= 11 is 0. The number of nitro benzene ring substituents is 1. The van der Waals surface area contributed by atoms with Crippen LogP contribution in [-0.2, 0) is 11.2 Å². The quantitative estimate of drug-likeness (QED) is 0.545. The third-order valence-electron chi connectivity index (χ3n) is 3.41. The number of anilines is 1. The number of nitro groups is 1. The molecule has 1 heterocycles. The molecule has 25 heavy (non-hydrogen) atoms. The summed E-state index contributed by atoms with van der Waals surface area (Å²) in [7, 11) is 0. The molecule has 0 aliphatic heterocycles. The van der Waals surface area contributed by atoms with Gasteiger partial charge in [0.1, 0.15) is 0 Å². The number of non-ortho nitro benzene ring substituents is 1. The molecule has 1 N–H and O–H groups in total. The molecule has 3 rings (SSSR count). The molecule has 0 saturated carbocycles. The Morgan fingerprint density at radius 1 is 1.16 bits per heavy atom. The van der Waals surface area contributed by atoms with Crippen molar-refractivity contribution in [3.05, 3.63) is 70.6 Å². The molecule has 0 bridgehead atoms. The second-order valence-corrected chi connectivity index (χ2v) is 5.23. The van der Waals surface area contributed by atoms with E-state index >= 15 is 0 Å². The molecule has 0 radical (unpaired) electrons. The molecule has 0 fully saturated rings. The van der Waals surface area contributed by atoms with E-state index < -0.39 is 4.92 Å². The number of aromatic nitrogens is 2. The van der Waals surface area contributed by atoms with Crippen LogP contribution in [0.15, 0.2) is 59.1 Å². The summed E-state index contributed by atoms with van der Waals surface area (Å²) in [6.45, 7) is 0. The summed E-state index contributed by atoms with van der Waals surface area (Å²) in [6, 6.07) is 15.1. The van der Waals surface area contributed by atoms with Crippen molar-refractivity contribution in [2.24, 2.45) is 0 Å². The van der Waals surface area contributed by atoms with Crippen molar-refractivity contribution < 1.29 is 14.2 Å². The topological polar surface area (TPSA) is 111 Å². The third-order valence-corrected chi connectivity index (χ3v) is 3.41. The lowest BCUT2D eigenvalue weighted by molar-refractivity contribution is -0.384. The van der Waals surface area contributed by atoms with Gasteiger partial charge in [-0.25, -0.2) is 0 Å². The molecule has 1 aromatic heterocycles. The summed E-state index contributed by atoms with van der Waals surface area (Å²) in [6.07, 6.45) is 0.402. The fourth-order valence-corrected chi connectivity index (χ4v) is 2.20. The van der Waals surface area contributed by atoms with Gasteiger partial charge >= 0.3 is 0 Å². The lowest BCUT2D eigenvalue weighted by Crippen LogP contribution is -2.12. The van der Waals surface area contributed by atoms with Crippen LogP contribution in [0.5, 0.6) is 0 Å². The lowest BCUT2D eigenvalue weighted by atomic mass is 10.2. The maximum absolute atomic E-state index is 12.0. The van der Waals surface area contributed by atoms with Crippen LogP contribution in [0.3, 0.4) is 0 Å². The molecule has 0 spiro atoms. The minimum atomic E-state index is -0.515. The first-order valence-electron chi connectivity index (χ1n) is 7.54. The molecule has 0 unspecified atom stereocenters. The van der Waals surface area contributed by atoms with Crippen molar-refractivity contribution >= 4 is 17.3 Å². The highest BCUT2D eigenvalue weighted by molar-refractivity contribution is 5.91. The number of carbonyl (C=O) groups is 1. The van der Waals surface area contributed by atoms with Gasteiger partial charge in [-0.05, 0) is 6.07 Å². The number of carbonyl (C=O) groups excluding carboxylic acids is 1. The summed E-state index contributed by atoms with van der Waals surface area (Å²) in [4.78, 5) is 26.4. The SMILES string of the molecule is O=C(CCc1nc(-c2ccccc2)no1)Nc1cccc([N+](=O)[O-])c1. The van der Waals surface area contributed by atoms with Gasteiger partial charge in [0.2, 0.25) is 17.6 Å². The number of hydrogen-bond acceptors (Lipinski definition) is 6. The molecular weight excluding hydrogens is 324 g/mol. The normalized spacial score (nSPS) is 10.4.